The molecule has 0 aliphatic carbocycles. The highest BCUT2D eigenvalue weighted by Crippen LogP contribution is 2.11. The van der Waals surface area contributed by atoms with Crippen LogP contribution in [0.2, 0.25) is 0 Å². The summed E-state index contributed by atoms with van der Waals surface area (Å²) >= 11 is 0. The molecule has 0 atom stereocenters. The molecule has 0 unspecified atom stereocenters. The molecule has 6 heteroatoms. The zero-order valence-corrected chi connectivity index (χ0v) is 11.8. The number of nitrogens with one attached hydrogen (secondary N) is 1. The summed E-state index contributed by atoms with van der Waals surface area (Å²) in [7, 11) is 1.67. The molecule has 5 nitrogen and oxygen atoms in total. The van der Waals surface area contributed by atoms with Gasteiger partial charge < -0.3 is 10.1 Å². The normalized spacial score (nSPS) is 10.9. The molecule has 0 spiro atoms. The van der Waals surface area contributed by atoms with Gasteiger partial charge in [-0.1, -0.05) is 6.07 Å². The van der Waals surface area contributed by atoms with Crippen molar-refractivity contribution in [2.75, 3.05) is 20.3 Å². The molecule has 1 heterocycles. The number of rotatable bonds is 7. The van der Waals surface area contributed by atoms with Crippen LogP contribution in [0.3, 0.4) is 0 Å². The van der Waals surface area contributed by atoms with Gasteiger partial charge in [0, 0.05) is 13.7 Å². The Bertz CT molecular complexity index is 556. The molecule has 0 saturated carbocycles. The number of methoxy groups -OCH3 is 1. The van der Waals surface area contributed by atoms with Crippen LogP contribution in [-0.2, 0) is 17.8 Å². The molecule has 0 bridgehead atoms. The number of halogens is 1. The molecule has 0 aliphatic rings. The largest absolute Gasteiger partial charge is 0.383 e. The lowest BCUT2D eigenvalue weighted by atomic mass is 10.1. The van der Waals surface area contributed by atoms with E-state index >= 15 is 0 Å². The van der Waals surface area contributed by atoms with Crippen LogP contribution in [0, 0.1) is 12.7 Å². The number of benzene rings is 1. The van der Waals surface area contributed by atoms with Gasteiger partial charge in [-0.25, -0.2) is 14.1 Å². The van der Waals surface area contributed by atoms with Crippen LogP contribution in [0.1, 0.15) is 17.0 Å². The lowest BCUT2D eigenvalue weighted by Crippen LogP contribution is -2.19. The molecular weight excluding hydrogens is 259 g/mol. The Balaban J connectivity index is 1.92. The van der Waals surface area contributed by atoms with Crippen LogP contribution in [0.5, 0.6) is 0 Å². The second kappa shape index (κ2) is 7.12. The van der Waals surface area contributed by atoms with Crippen molar-refractivity contribution in [2.45, 2.75) is 20.0 Å². The smallest absolute Gasteiger partial charge is 0.164 e. The molecule has 0 aliphatic heterocycles. The summed E-state index contributed by atoms with van der Waals surface area (Å²) in [5, 5.41) is 7.56. The minimum atomic E-state index is -0.215. The summed E-state index contributed by atoms with van der Waals surface area (Å²) in [5.41, 5.74) is 1.95. The molecule has 108 valence electrons. The van der Waals surface area contributed by atoms with Gasteiger partial charge in [0.25, 0.3) is 0 Å². The number of ether oxygens (including phenoxy) is 1. The van der Waals surface area contributed by atoms with Gasteiger partial charge >= 0.3 is 0 Å². The van der Waals surface area contributed by atoms with E-state index < -0.39 is 0 Å². The van der Waals surface area contributed by atoms with Crippen molar-refractivity contribution in [2.24, 2.45) is 0 Å². The molecule has 20 heavy (non-hydrogen) atoms. The Morgan fingerprint density at radius 3 is 3.00 bits per heavy atom. The Labute approximate surface area is 117 Å². The zero-order chi connectivity index (χ0) is 14.4. The van der Waals surface area contributed by atoms with Crippen LogP contribution in [-0.4, -0.2) is 35.0 Å². The molecule has 2 aromatic rings. The highest BCUT2D eigenvalue weighted by molar-refractivity contribution is 5.26. The van der Waals surface area contributed by atoms with Crippen molar-refractivity contribution < 1.29 is 9.13 Å². The predicted molar refractivity (Wildman–Crippen MR) is 73.8 cm³/mol. The number of nitrogens with zero attached hydrogens (tertiary/aromatic N) is 3. The SMILES string of the molecule is COCCNCc1ncn(Cc2ccc(F)cc2C)n1. The van der Waals surface area contributed by atoms with Gasteiger partial charge in [-0.2, -0.15) is 5.10 Å². The van der Waals surface area contributed by atoms with Gasteiger partial charge in [-0.15, -0.1) is 0 Å². The highest BCUT2D eigenvalue weighted by atomic mass is 19.1. The van der Waals surface area contributed by atoms with Crippen molar-refractivity contribution in [3.63, 3.8) is 0 Å². The van der Waals surface area contributed by atoms with Crippen LogP contribution in [0.4, 0.5) is 4.39 Å². The van der Waals surface area contributed by atoms with Crippen LogP contribution < -0.4 is 5.32 Å². The molecular formula is C14H19FN4O. The Morgan fingerprint density at radius 1 is 1.40 bits per heavy atom. The van der Waals surface area contributed by atoms with E-state index in [0.717, 1.165) is 23.5 Å². The van der Waals surface area contributed by atoms with Gasteiger partial charge in [-0.3, -0.25) is 0 Å². The summed E-state index contributed by atoms with van der Waals surface area (Å²) in [6, 6.07) is 4.77. The average molecular weight is 278 g/mol. The Morgan fingerprint density at radius 2 is 2.25 bits per heavy atom. The van der Waals surface area contributed by atoms with Crippen LogP contribution >= 0.6 is 0 Å². The monoisotopic (exact) mass is 278 g/mol. The lowest BCUT2D eigenvalue weighted by molar-refractivity contribution is 0.199. The topological polar surface area (TPSA) is 52.0 Å². The maximum absolute atomic E-state index is 13.0. The van der Waals surface area contributed by atoms with E-state index in [4.69, 9.17) is 4.74 Å². The Kier molecular flexibility index (Phi) is 5.20. The van der Waals surface area contributed by atoms with E-state index in [1.807, 2.05) is 6.92 Å². The minimum absolute atomic E-state index is 0.215. The first-order valence-electron chi connectivity index (χ1n) is 6.52. The van der Waals surface area contributed by atoms with Crippen LogP contribution in [0.25, 0.3) is 0 Å². The Hall–Kier alpha value is -1.79. The number of aryl methyl sites for hydroxylation is 1. The van der Waals surface area contributed by atoms with E-state index in [1.54, 1.807) is 24.2 Å². The van der Waals surface area contributed by atoms with Crippen LogP contribution in [0.15, 0.2) is 24.5 Å². The van der Waals surface area contributed by atoms with Gasteiger partial charge in [0.2, 0.25) is 0 Å². The van der Waals surface area contributed by atoms with E-state index in [-0.39, 0.29) is 5.82 Å². The summed E-state index contributed by atoms with van der Waals surface area (Å²) in [4.78, 5) is 4.23. The summed E-state index contributed by atoms with van der Waals surface area (Å²) in [6.07, 6.45) is 1.69. The fourth-order valence-electron chi connectivity index (χ4n) is 1.88. The van der Waals surface area contributed by atoms with Gasteiger partial charge in [0.1, 0.15) is 12.1 Å². The average Bonchev–Trinajstić information content (AvgIpc) is 2.86. The minimum Gasteiger partial charge on any atom is -0.383 e. The second-order valence-corrected chi connectivity index (χ2v) is 4.60. The third kappa shape index (κ3) is 4.11. The first kappa shape index (κ1) is 14.6. The molecule has 0 fully saturated rings. The zero-order valence-electron chi connectivity index (χ0n) is 11.8. The summed E-state index contributed by atoms with van der Waals surface area (Å²) in [5.74, 6) is 0.522. The van der Waals surface area contributed by atoms with Gasteiger partial charge in [-0.05, 0) is 30.2 Å². The fourth-order valence-corrected chi connectivity index (χ4v) is 1.88. The molecule has 2 rings (SSSR count). The first-order valence-corrected chi connectivity index (χ1v) is 6.52. The van der Waals surface area contributed by atoms with E-state index in [0.29, 0.717) is 19.7 Å². The van der Waals surface area contributed by atoms with E-state index in [1.165, 1.54) is 12.1 Å². The van der Waals surface area contributed by atoms with Crippen molar-refractivity contribution >= 4 is 0 Å². The molecule has 1 N–H and O–H groups in total. The van der Waals surface area contributed by atoms with E-state index in [2.05, 4.69) is 15.4 Å². The molecule has 0 radical (unpaired) electrons. The van der Waals surface area contributed by atoms with Crippen molar-refractivity contribution in [1.82, 2.24) is 20.1 Å². The fraction of sp³-hybridized carbons (Fsp3) is 0.429. The molecule has 0 saturated heterocycles. The summed E-state index contributed by atoms with van der Waals surface area (Å²) < 4.78 is 19.7. The maximum atomic E-state index is 13.0. The first-order chi connectivity index (χ1) is 9.69. The highest BCUT2D eigenvalue weighted by Gasteiger charge is 2.04. The molecule has 1 aromatic carbocycles. The molecule has 0 amide bonds. The third-order valence-corrected chi connectivity index (χ3v) is 2.99. The second-order valence-electron chi connectivity index (χ2n) is 4.60. The summed E-state index contributed by atoms with van der Waals surface area (Å²) in [6.45, 7) is 4.52. The van der Waals surface area contributed by atoms with Crippen molar-refractivity contribution in [3.05, 3.63) is 47.3 Å². The van der Waals surface area contributed by atoms with E-state index in [9.17, 15) is 4.39 Å². The predicted octanol–water partition coefficient (Wildman–Crippen LogP) is 1.51. The van der Waals surface area contributed by atoms with Crippen molar-refractivity contribution in [3.8, 4) is 0 Å². The standard InChI is InChI=1S/C14H19FN4O/c1-11-7-13(15)4-3-12(11)9-19-10-17-14(18-19)8-16-5-6-20-2/h3-4,7,10,16H,5-6,8-9H2,1-2H3. The van der Waals surface area contributed by atoms with Gasteiger partial charge in [0.05, 0.1) is 19.7 Å². The maximum Gasteiger partial charge on any atom is 0.164 e. The van der Waals surface area contributed by atoms with Gasteiger partial charge in [0.15, 0.2) is 5.82 Å². The quantitative estimate of drug-likeness (QED) is 0.780. The number of hydrogen-bond acceptors (Lipinski definition) is 4. The van der Waals surface area contributed by atoms with Crippen molar-refractivity contribution in [1.29, 1.82) is 0 Å². The molecule has 1 aromatic heterocycles. The lowest BCUT2D eigenvalue weighted by Gasteiger charge is -2.05. The third-order valence-electron chi connectivity index (χ3n) is 2.99. The number of aromatic nitrogens is 3. The number of hydrogen-bond donors (Lipinski definition) is 1.